The molecule has 1 aromatic carbocycles. The number of hydrogen-bond acceptors (Lipinski definition) is 4. The van der Waals surface area contributed by atoms with E-state index in [1.165, 1.54) is 24.4 Å². The van der Waals surface area contributed by atoms with E-state index in [0.29, 0.717) is 11.3 Å². The van der Waals surface area contributed by atoms with Gasteiger partial charge in [0.05, 0.1) is 26.8 Å². The molecule has 1 aromatic heterocycles. The number of carbonyl (C=O) groups is 1. The summed E-state index contributed by atoms with van der Waals surface area (Å²) in [5.74, 6) is -0.482. The first kappa shape index (κ1) is 15.2. The second-order valence-electron chi connectivity index (χ2n) is 4.16. The maximum Gasteiger partial charge on any atom is 0.274 e. The van der Waals surface area contributed by atoms with Crippen molar-refractivity contribution in [1.82, 2.24) is 4.98 Å². The van der Waals surface area contributed by atoms with Crippen molar-refractivity contribution in [3.05, 3.63) is 61.9 Å². The zero-order valence-corrected chi connectivity index (χ0v) is 12.3. The average Bonchev–Trinajstić information content (AvgIpc) is 2.43. The van der Waals surface area contributed by atoms with Gasteiger partial charge in [-0.05, 0) is 19.1 Å². The number of nitro benzene ring substituents is 1. The summed E-state index contributed by atoms with van der Waals surface area (Å²) in [4.78, 5) is 26.2. The number of amides is 1. The number of pyridine rings is 1. The van der Waals surface area contributed by atoms with Crippen molar-refractivity contribution in [2.75, 3.05) is 5.32 Å². The SMILES string of the molecule is Cc1c(NC(=O)c2cnc(Cl)c(Cl)c2)cccc1[N+](=O)[O-]. The smallest absolute Gasteiger partial charge is 0.274 e. The fourth-order valence-corrected chi connectivity index (χ4v) is 1.97. The summed E-state index contributed by atoms with van der Waals surface area (Å²) in [5, 5.41) is 13.7. The van der Waals surface area contributed by atoms with Crippen molar-refractivity contribution < 1.29 is 9.72 Å². The third-order valence-corrected chi connectivity index (χ3v) is 3.49. The zero-order chi connectivity index (χ0) is 15.6. The molecule has 1 N–H and O–H groups in total. The third kappa shape index (κ3) is 3.29. The van der Waals surface area contributed by atoms with Gasteiger partial charge in [0.25, 0.3) is 11.6 Å². The van der Waals surface area contributed by atoms with Crippen LogP contribution in [0.25, 0.3) is 0 Å². The molecule has 0 fully saturated rings. The van der Waals surface area contributed by atoms with Crippen molar-refractivity contribution in [3.8, 4) is 0 Å². The van der Waals surface area contributed by atoms with E-state index in [0.717, 1.165) is 0 Å². The van der Waals surface area contributed by atoms with Crippen LogP contribution >= 0.6 is 23.2 Å². The van der Waals surface area contributed by atoms with Gasteiger partial charge in [-0.1, -0.05) is 29.3 Å². The van der Waals surface area contributed by atoms with Crippen LogP contribution < -0.4 is 5.32 Å². The number of benzene rings is 1. The molecule has 0 bridgehead atoms. The molecule has 0 saturated heterocycles. The Bertz CT molecular complexity index is 735. The number of nitrogens with zero attached hydrogens (tertiary/aromatic N) is 2. The monoisotopic (exact) mass is 325 g/mol. The predicted octanol–water partition coefficient (Wildman–Crippen LogP) is 3.86. The van der Waals surface area contributed by atoms with Gasteiger partial charge in [-0.15, -0.1) is 0 Å². The van der Waals surface area contributed by atoms with E-state index in [-0.39, 0.29) is 21.4 Å². The van der Waals surface area contributed by atoms with Gasteiger partial charge in [0, 0.05) is 12.3 Å². The van der Waals surface area contributed by atoms with Gasteiger partial charge in [0.1, 0.15) is 5.15 Å². The normalized spacial score (nSPS) is 10.2. The Morgan fingerprint density at radius 2 is 2.10 bits per heavy atom. The lowest BCUT2D eigenvalue weighted by Gasteiger charge is -2.08. The minimum absolute atomic E-state index is 0.0694. The van der Waals surface area contributed by atoms with Crippen LogP contribution in [0, 0.1) is 17.0 Å². The largest absolute Gasteiger partial charge is 0.321 e. The van der Waals surface area contributed by atoms with Crippen molar-refractivity contribution >= 4 is 40.5 Å². The maximum atomic E-state index is 12.1. The van der Waals surface area contributed by atoms with Crippen molar-refractivity contribution in [2.24, 2.45) is 0 Å². The van der Waals surface area contributed by atoms with Crippen LogP contribution in [0.1, 0.15) is 15.9 Å². The lowest BCUT2D eigenvalue weighted by Crippen LogP contribution is -2.13. The molecule has 0 atom stereocenters. The van der Waals surface area contributed by atoms with Crippen LogP contribution in [0.15, 0.2) is 30.5 Å². The number of aromatic nitrogens is 1. The van der Waals surface area contributed by atoms with Crippen molar-refractivity contribution in [1.29, 1.82) is 0 Å². The summed E-state index contributed by atoms with van der Waals surface area (Å²) in [6.45, 7) is 1.56. The highest BCUT2D eigenvalue weighted by atomic mass is 35.5. The first-order chi connectivity index (χ1) is 9.90. The molecule has 6 nitrogen and oxygen atoms in total. The summed E-state index contributed by atoms with van der Waals surface area (Å²) >= 11 is 11.5. The molecule has 0 aliphatic heterocycles. The first-order valence-electron chi connectivity index (χ1n) is 5.76. The summed E-state index contributed by atoms with van der Waals surface area (Å²) in [6, 6.07) is 5.81. The number of hydrogen-bond donors (Lipinski definition) is 1. The Kier molecular flexibility index (Phi) is 4.40. The van der Waals surface area contributed by atoms with Crippen molar-refractivity contribution in [2.45, 2.75) is 6.92 Å². The van der Waals surface area contributed by atoms with Gasteiger partial charge in [-0.2, -0.15) is 0 Å². The molecule has 0 spiro atoms. The fourth-order valence-electron chi connectivity index (χ4n) is 1.70. The van der Waals surface area contributed by atoms with Gasteiger partial charge in [-0.3, -0.25) is 14.9 Å². The average molecular weight is 326 g/mol. The molecule has 0 radical (unpaired) electrons. The number of nitro groups is 1. The first-order valence-corrected chi connectivity index (χ1v) is 6.52. The molecule has 2 aromatic rings. The number of rotatable bonds is 3. The minimum Gasteiger partial charge on any atom is -0.321 e. The van der Waals surface area contributed by atoms with Crippen LogP contribution in [0.3, 0.4) is 0 Å². The van der Waals surface area contributed by atoms with Crippen LogP contribution in [0.2, 0.25) is 10.2 Å². The van der Waals surface area contributed by atoms with Crippen LogP contribution in [0.5, 0.6) is 0 Å². The Labute approximate surface area is 129 Å². The Morgan fingerprint density at radius 3 is 2.71 bits per heavy atom. The fraction of sp³-hybridized carbons (Fsp3) is 0.0769. The molecule has 0 unspecified atom stereocenters. The van der Waals surface area contributed by atoms with E-state index in [1.54, 1.807) is 13.0 Å². The zero-order valence-electron chi connectivity index (χ0n) is 10.8. The molecular formula is C13H9Cl2N3O3. The highest BCUT2D eigenvalue weighted by Gasteiger charge is 2.16. The van der Waals surface area contributed by atoms with Crippen LogP contribution in [-0.2, 0) is 0 Å². The van der Waals surface area contributed by atoms with Crippen LogP contribution in [-0.4, -0.2) is 15.8 Å². The van der Waals surface area contributed by atoms with Gasteiger partial charge in [0.2, 0.25) is 0 Å². The van der Waals surface area contributed by atoms with Crippen LogP contribution in [0.4, 0.5) is 11.4 Å². The molecule has 2 rings (SSSR count). The van der Waals surface area contributed by atoms with Gasteiger partial charge < -0.3 is 5.32 Å². The predicted molar refractivity (Wildman–Crippen MR) is 80.0 cm³/mol. The maximum absolute atomic E-state index is 12.1. The standard InChI is InChI=1S/C13H9Cl2N3O3/c1-7-10(3-2-4-11(7)18(20)21)17-13(19)8-5-9(14)12(15)16-6-8/h2-6H,1H3,(H,17,19). The number of carbonyl (C=O) groups excluding carboxylic acids is 1. The van der Waals surface area contributed by atoms with E-state index in [4.69, 9.17) is 23.2 Å². The minimum atomic E-state index is -0.508. The quantitative estimate of drug-likeness (QED) is 0.527. The van der Waals surface area contributed by atoms with E-state index in [9.17, 15) is 14.9 Å². The van der Waals surface area contributed by atoms with Gasteiger partial charge in [0.15, 0.2) is 0 Å². The summed E-state index contributed by atoms with van der Waals surface area (Å²) in [5.41, 5.74) is 0.847. The molecule has 8 heteroatoms. The highest BCUT2D eigenvalue weighted by Crippen LogP contribution is 2.26. The molecule has 1 heterocycles. The van der Waals surface area contributed by atoms with Gasteiger partial charge >= 0.3 is 0 Å². The molecular weight excluding hydrogens is 317 g/mol. The van der Waals surface area contributed by atoms with E-state index in [1.807, 2.05) is 0 Å². The summed E-state index contributed by atoms with van der Waals surface area (Å²) < 4.78 is 0. The molecule has 21 heavy (non-hydrogen) atoms. The molecule has 0 saturated carbocycles. The third-order valence-electron chi connectivity index (χ3n) is 2.81. The number of anilines is 1. The molecule has 0 aliphatic carbocycles. The lowest BCUT2D eigenvalue weighted by atomic mass is 10.1. The summed E-state index contributed by atoms with van der Waals surface area (Å²) in [7, 11) is 0. The van der Waals surface area contributed by atoms with E-state index >= 15 is 0 Å². The Hall–Kier alpha value is -2.18. The molecule has 0 aliphatic rings. The summed E-state index contributed by atoms with van der Waals surface area (Å²) in [6.07, 6.45) is 1.27. The number of nitrogens with one attached hydrogen (secondary N) is 1. The second kappa shape index (κ2) is 6.07. The van der Waals surface area contributed by atoms with Crippen molar-refractivity contribution in [3.63, 3.8) is 0 Å². The lowest BCUT2D eigenvalue weighted by molar-refractivity contribution is -0.385. The topological polar surface area (TPSA) is 85.1 Å². The molecule has 108 valence electrons. The van der Waals surface area contributed by atoms with E-state index in [2.05, 4.69) is 10.3 Å². The Morgan fingerprint density at radius 1 is 1.38 bits per heavy atom. The Balaban J connectivity index is 2.29. The number of halogens is 2. The van der Waals surface area contributed by atoms with Gasteiger partial charge in [-0.25, -0.2) is 4.98 Å². The molecule has 1 amide bonds. The highest BCUT2D eigenvalue weighted by molar-refractivity contribution is 6.41. The van der Waals surface area contributed by atoms with E-state index < -0.39 is 10.8 Å². The second-order valence-corrected chi connectivity index (χ2v) is 4.92.